The molecule has 2 heterocycles. The second kappa shape index (κ2) is 8.30. The Hall–Kier alpha value is -3.07. The average molecular weight is 399 g/mol. The first-order chi connectivity index (χ1) is 13.4. The van der Waals surface area contributed by atoms with Crippen molar-refractivity contribution >= 4 is 29.3 Å². The molecule has 1 amide bonds. The Bertz CT molecular complexity index is 1010. The lowest BCUT2D eigenvalue weighted by Gasteiger charge is -2.13. The van der Waals surface area contributed by atoms with E-state index in [2.05, 4.69) is 27.1 Å². The summed E-state index contributed by atoms with van der Waals surface area (Å²) in [5.74, 6) is -0.941. The third-order valence-electron chi connectivity index (χ3n) is 4.18. The molecular formula is C19H21N5O3S. The van der Waals surface area contributed by atoms with Gasteiger partial charge in [-0.05, 0) is 24.6 Å². The smallest absolute Gasteiger partial charge is 0.358 e. The van der Waals surface area contributed by atoms with Crippen LogP contribution in [0, 0.1) is 0 Å². The van der Waals surface area contributed by atoms with Gasteiger partial charge < -0.3 is 14.6 Å². The minimum absolute atomic E-state index is 0.0870. The summed E-state index contributed by atoms with van der Waals surface area (Å²) in [6, 6.07) is 9.05. The fraction of sp³-hybridized carbons (Fsp3) is 0.263. The van der Waals surface area contributed by atoms with Crippen LogP contribution in [0.25, 0.3) is 0 Å². The third-order valence-corrected chi connectivity index (χ3v) is 5.41. The van der Waals surface area contributed by atoms with Crippen LogP contribution >= 0.6 is 11.8 Å². The molecule has 0 radical (unpaired) electrons. The Morgan fingerprint density at radius 1 is 1.25 bits per heavy atom. The minimum atomic E-state index is -0.586. The molecule has 0 aliphatic carbocycles. The van der Waals surface area contributed by atoms with E-state index in [1.165, 1.54) is 17.9 Å². The van der Waals surface area contributed by atoms with Crippen LogP contribution in [-0.4, -0.2) is 38.3 Å². The maximum absolute atomic E-state index is 12.6. The van der Waals surface area contributed by atoms with Crippen molar-refractivity contribution in [2.24, 2.45) is 14.1 Å². The Kier molecular flexibility index (Phi) is 5.84. The number of hydrogen-bond acceptors (Lipinski definition) is 6. The molecule has 1 atom stereocenters. The zero-order valence-electron chi connectivity index (χ0n) is 16.0. The third kappa shape index (κ3) is 4.25. The number of aryl methyl sites for hydroxylation is 2. The highest BCUT2D eigenvalue weighted by Crippen LogP contribution is 2.34. The van der Waals surface area contributed by atoms with Gasteiger partial charge in [0.15, 0.2) is 10.9 Å². The molecule has 0 saturated heterocycles. The fourth-order valence-electron chi connectivity index (χ4n) is 2.64. The summed E-state index contributed by atoms with van der Waals surface area (Å²) >= 11 is 1.64. The number of ether oxygens (including phenoxy) is 1. The van der Waals surface area contributed by atoms with Gasteiger partial charge >= 0.3 is 5.97 Å². The molecule has 0 saturated carbocycles. The number of carbonyl (C=O) groups is 2. The van der Waals surface area contributed by atoms with Crippen LogP contribution in [0.15, 0.2) is 47.9 Å². The lowest BCUT2D eigenvalue weighted by Crippen LogP contribution is -2.16. The number of carbonyl (C=O) groups excluding carboxylic acids is 2. The standard InChI is InChI=1S/C19H21N5O3S/c1-12(28-19-20-8-9-23(19)2)13-6-5-7-14(10-13)21-17(25)16-11-15(18(26)27-4)22-24(16)3/h5-12H,1-4H3,(H,21,25). The predicted octanol–water partition coefficient (Wildman–Crippen LogP) is 3.05. The van der Waals surface area contributed by atoms with E-state index in [9.17, 15) is 9.59 Å². The van der Waals surface area contributed by atoms with Crippen LogP contribution < -0.4 is 5.32 Å². The average Bonchev–Trinajstić information content (AvgIpc) is 3.27. The number of esters is 1. The molecule has 0 aliphatic heterocycles. The van der Waals surface area contributed by atoms with Crippen molar-refractivity contribution in [2.45, 2.75) is 17.3 Å². The summed E-state index contributed by atoms with van der Waals surface area (Å²) in [5.41, 5.74) is 2.08. The number of nitrogens with zero attached hydrogens (tertiary/aromatic N) is 4. The number of imidazole rings is 1. The van der Waals surface area contributed by atoms with Crippen molar-refractivity contribution in [3.63, 3.8) is 0 Å². The SMILES string of the molecule is COC(=O)c1cc(C(=O)Nc2cccc(C(C)Sc3nccn3C)c2)n(C)n1. The van der Waals surface area contributed by atoms with Crippen molar-refractivity contribution in [3.8, 4) is 0 Å². The van der Waals surface area contributed by atoms with Crippen LogP contribution in [-0.2, 0) is 18.8 Å². The molecule has 28 heavy (non-hydrogen) atoms. The Morgan fingerprint density at radius 2 is 2.04 bits per heavy atom. The molecule has 1 aromatic carbocycles. The molecule has 8 nitrogen and oxygen atoms in total. The highest BCUT2D eigenvalue weighted by Gasteiger charge is 2.18. The number of methoxy groups -OCH3 is 1. The monoisotopic (exact) mass is 399 g/mol. The first-order valence-electron chi connectivity index (χ1n) is 8.56. The molecule has 1 N–H and O–H groups in total. The van der Waals surface area contributed by atoms with Crippen LogP contribution in [0.3, 0.4) is 0 Å². The number of anilines is 1. The number of rotatable bonds is 6. The predicted molar refractivity (Wildman–Crippen MR) is 106 cm³/mol. The Labute approximate surface area is 166 Å². The molecule has 0 fully saturated rings. The first-order valence-corrected chi connectivity index (χ1v) is 9.44. The fourth-order valence-corrected chi connectivity index (χ4v) is 3.59. The zero-order chi connectivity index (χ0) is 20.3. The van der Waals surface area contributed by atoms with E-state index in [1.807, 2.05) is 42.1 Å². The molecule has 0 aliphatic rings. The van der Waals surface area contributed by atoms with Crippen molar-refractivity contribution in [1.82, 2.24) is 19.3 Å². The van der Waals surface area contributed by atoms with E-state index < -0.39 is 5.97 Å². The van der Waals surface area contributed by atoms with Gasteiger partial charge in [-0.2, -0.15) is 5.10 Å². The molecule has 9 heteroatoms. The van der Waals surface area contributed by atoms with Gasteiger partial charge in [0.05, 0.1) is 7.11 Å². The number of benzene rings is 1. The zero-order valence-corrected chi connectivity index (χ0v) is 16.9. The number of thioether (sulfide) groups is 1. The van der Waals surface area contributed by atoms with Gasteiger partial charge in [-0.25, -0.2) is 9.78 Å². The summed E-state index contributed by atoms with van der Waals surface area (Å²) in [4.78, 5) is 28.5. The number of hydrogen-bond donors (Lipinski definition) is 1. The Morgan fingerprint density at radius 3 is 2.71 bits per heavy atom. The topological polar surface area (TPSA) is 91.0 Å². The highest BCUT2D eigenvalue weighted by atomic mass is 32.2. The summed E-state index contributed by atoms with van der Waals surface area (Å²) in [6.07, 6.45) is 3.67. The van der Waals surface area contributed by atoms with Gasteiger partial charge in [0.25, 0.3) is 5.91 Å². The second-order valence-corrected chi connectivity index (χ2v) is 7.50. The number of amides is 1. The molecule has 3 rings (SSSR count). The maximum atomic E-state index is 12.6. The highest BCUT2D eigenvalue weighted by molar-refractivity contribution is 7.99. The molecule has 0 spiro atoms. The van der Waals surface area contributed by atoms with Crippen molar-refractivity contribution < 1.29 is 14.3 Å². The summed E-state index contributed by atoms with van der Waals surface area (Å²) in [5, 5.41) is 7.94. The summed E-state index contributed by atoms with van der Waals surface area (Å²) in [7, 11) is 4.82. The van der Waals surface area contributed by atoms with Gasteiger partial charge in [0, 0.05) is 43.5 Å². The van der Waals surface area contributed by atoms with Gasteiger partial charge in [-0.3, -0.25) is 9.48 Å². The van der Waals surface area contributed by atoms with Crippen molar-refractivity contribution in [1.29, 1.82) is 0 Å². The molecule has 2 aromatic heterocycles. The lowest BCUT2D eigenvalue weighted by atomic mass is 10.1. The number of aromatic nitrogens is 4. The van der Waals surface area contributed by atoms with E-state index in [1.54, 1.807) is 25.0 Å². The lowest BCUT2D eigenvalue weighted by molar-refractivity contribution is 0.0593. The van der Waals surface area contributed by atoms with E-state index in [0.717, 1.165) is 10.7 Å². The maximum Gasteiger partial charge on any atom is 0.358 e. The molecule has 146 valence electrons. The van der Waals surface area contributed by atoms with Crippen molar-refractivity contribution in [3.05, 3.63) is 59.7 Å². The molecule has 0 bridgehead atoms. The van der Waals surface area contributed by atoms with Crippen LogP contribution in [0.1, 0.15) is 38.7 Å². The van der Waals surface area contributed by atoms with Crippen molar-refractivity contribution in [2.75, 3.05) is 12.4 Å². The number of nitrogens with one attached hydrogen (secondary N) is 1. The Balaban J connectivity index is 1.74. The van der Waals surface area contributed by atoms with E-state index in [4.69, 9.17) is 0 Å². The van der Waals surface area contributed by atoms with E-state index >= 15 is 0 Å². The first kappa shape index (κ1) is 19.7. The summed E-state index contributed by atoms with van der Waals surface area (Å²) < 4.78 is 7.96. The molecule has 1 unspecified atom stereocenters. The molecular weight excluding hydrogens is 378 g/mol. The van der Waals surface area contributed by atoms with E-state index in [0.29, 0.717) is 5.69 Å². The van der Waals surface area contributed by atoms with Crippen LogP contribution in [0.2, 0.25) is 0 Å². The van der Waals surface area contributed by atoms with E-state index in [-0.39, 0.29) is 22.5 Å². The molecule has 3 aromatic rings. The van der Waals surface area contributed by atoms with Gasteiger partial charge in [0.2, 0.25) is 0 Å². The van der Waals surface area contributed by atoms with Crippen LogP contribution in [0.5, 0.6) is 0 Å². The van der Waals surface area contributed by atoms with Gasteiger partial charge in [-0.15, -0.1) is 0 Å². The second-order valence-electron chi connectivity index (χ2n) is 6.19. The van der Waals surface area contributed by atoms with Gasteiger partial charge in [0.1, 0.15) is 5.69 Å². The summed E-state index contributed by atoms with van der Waals surface area (Å²) in [6.45, 7) is 2.09. The minimum Gasteiger partial charge on any atom is -0.464 e. The van der Waals surface area contributed by atoms with Gasteiger partial charge in [-0.1, -0.05) is 23.9 Å². The quantitative estimate of drug-likeness (QED) is 0.506. The normalized spacial score (nSPS) is 11.9. The van der Waals surface area contributed by atoms with Crippen LogP contribution in [0.4, 0.5) is 5.69 Å². The largest absolute Gasteiger partial charge is 0.464 e.